The maximum Gasteiger partial charge on any atom is 0.315 e. The van der Waals surface area contributed by atoms with E-state index in [-0.39, 0.29) is 24.8 Å². The van der Waals surface area contributed by atoms with E-state index in [2.05, 4.69) is 26.2 Å². The lowest BCUT2D eigenvalue weighted by molar-refractivity contribution is -0.245. The zero-order valence-corrected chi connectivity index (χ0v) is 23.0. The molecular weight excluding hydrogens is 528 g/mol. The molecule has 5 rings (SSSR count). The van der Waals surface area contributed by atoms with E-state index >= 15 is 0 Å². The molecule has 1 saturated heterocycles. The standard InChI is InChI=1S/C29H32N6O4S/c1-2-30-28(37)31-17-20-8-14-23(15-9-20)27-38-25(16-26(39-27)22-12-10-21(18-36)11-13-22)19-40-29-32-33-34-35(29)24-6-4-3-5-7-24/h3-15,25-27,36H,2,16-19H2,1H3,(H2,30,31,37)/t25-,26+,27+/m1/s1. The number of aliphatic hydroxyl groups is 1. The molecule has 0 aliphatic carbocycles. The fourth-order valence-electron chi connectivity index (χ4n) is 4.39. The summed E-state index contributed by atoms with van der Waals surface area (Å²) in [5, 5.41) is 28.0. The summed E-state index contributed by atoms with van der Waals surface area (Å²) < 4.78 is 14.6. The number of hydrogen-bond acceptors (Lipinski definition) is 8. The third-order valence-corrected chi connectivity index (χ3v) is 7.55. The molecule has 4 aromatic rings. The van der Waals surface area contributed by atoms with Crippen molar-refractivity contribution in [3.8, 4) is 5.69 Å². The number of ether oxygens (including phenoxy) is 2. The minimum absolute atomic E-state index is 0.00571. The largest absolute Gasteiger partial charge is 0.392 e. The van der Waals surface area contributed by atoms with Gasteiger partial charge in [-0.15, -0.1) is 5.10 Å². The average molecular weight is 561 g/mol. The number of urea groups is 1. The smallest absolute Gasteiger partial charge is 0.315 e. The molecule has 10 nitrogen and oxygen atoms in total. The van der Waals surface area contributed by atoms with Crippen molar-refractivity contribution in [3.63, 3.8) is 0 Å². The van der Waals surface area contributed by atoms with Crippen LogP contribution in [-0.4, -0.2) is 49.7 Å². The number of para-hydroxylation sites is 1. The van der Waals surface area contributed by atoms with Crippen molar-refractivity contribution in [3.05, 3.63) is 101 Å². The van der Waals surface area contributed by atoms with Crippen molar-refractivity contribution in [1.82, 2.24) is 30.8 Å². The molecule has 2 heterocycles. The number of carbonyl (C=O) groups excluding carboxylic acids is 1. The number of aromatic nitrogens is 4. The van der Waals surface area contributed by atoms with Crippen molar-refractivity contribution < 1.29 is 19.4 Å². The number of amides is 2. The van der Waals surface area contributed by atoms with Crippen LogP contribution < -0.4 is 10.6 Å². The highest BCUT2D eigenvalue weighted by molar-refractivity contribution is 7.99. The van der Waals surface area contributed by atoms with Crippen molar-refractivity contribution in [2.24, 2.45) is 0 Å². The summed E-state index contributed by atoms with van der Waals surface area (Å²) in [4.78, 5) is 11.7. The number of thioether (sulfide) groups is 1. The first-order valence-corrected chi connectivity index (χ1v) is 14.2. The molecule has 1 aromatic heterocycles. The van der Waals surface area contributed by atoms with Gasteiger partial charge in [0, 0.05) is 30.8 Å². The molecule has 1 aliphatic rings. The van der Waals surface area contributed by atoms with Crippen LogP contribution in [-0.2, 0) is 22.6 Å². The zero-order valence-electron chi connectivity index (χ0n) is 22.1. The van der Waals surface area contributed by atoms with Crippen LogP contribution in [0.1, 0.15) is 48.0 Å². The normalized spacial score (nSPS) is 18.8. The quantitative estimate of drug-likeness (QED) is 0.245. The van der Waals surface area contributed by atoms with Crippen molar-refractivity contribution in [2.45, 2.75) is 50.2 Å². The van der Waals surface area contributed by atoms with Crippen molar-refractivity contribution >= 4 is 17.8 Å². The molecule has 1 aliphatic heterocycles. The van der Waals surface area contributed by atoms with Gasteiger partial charge in [-0.3, -0.25) is 0 Å². The van der Waals surface area contributed by atoms with Gasteiger partial charge < -0.3 is 25.2 Å². The Labute approximate surface area is 237 Å². The lowest BCUT2D eigenvalue weighted by atomic mass is 10.0. The topological polar surface area (TPSA) is 123 Å². The molecule has 0 bridgehead atoms. The van der Waals surface area contributed by atoms with Gasteiger partial charge in [-0.1, -0.05) is 78.5 Å². The van der Waals surface area contributed by atoms with Crippen molar-refractivity contribution in [1.29, 1.82) is 0 Å². The van der Waals surface area contributed by atoms with Gasteiger partial charge in [0.1, 0.15) is 0 Å². The highest BCUT2D eigenvalue weighted by Gasteiger charge is 2.32. The van der Waals surface area contributed by atoms with E-state index in [4.69, 9.17) is 9.47 Å². The second-order valence-electron chi connectivity index (χ2n) is 9.32. The molecule has 2 amide bonds. The van der Waals surface area contributed by atoms with Crippen LogP contribution >= 0.6 is 11.8 Å². The number of tetrazole rings is 1. The molecule has 3 aromatic carbocycles. The zero-order chi connectivity index (χ0) is 27.7. The maximum atomic E-state index is 11.7. The monoisotopic (exact) mass is 560 g/mol. The molecule has 1 fully saturated rings. The molecule has 3 N–H and O–H groups in total. The second kappa shape index (κ2) is 13.5. The maximum absolute atomic E-state index is 11.7. The third-order valence-electron chi connectivity index (χ3n) is 6.50. The molecule has 208 valence electrons. The lowest BCUT2D eigenvalue weighted by Crippen LogP contribution is -2.34. The minimum atomic E-state index is -0.572. The highest BCUT2D eigenvalue weighted by Crippen LogP contribution is 2.39. The first kappa shape index (κ1) is 27.8. The van der Waals surface area contributed by atoms with Crippen LogP contribution in [0.2, 0.25) is 0 Å². The van der Waals surface area contributed by atoms with Gasteiger partial charge in [-0.25, -0.2) is 4.79 Å². The molecule has 0 unspecified atom stereocenters. The van der Waals surface area contributed by atoms with Crippen LogP contribution in [0.4, 0.5) is 4.79 Å². The number of benzene rings is 3. The minimum Gasteiger partial charge on any atom is -0.392 e. The van der Waals surface area contributed by atoms with E-state index in [0.717, 1.165) is 27.9 Å². The van der Waals surface area contributed by atoms with Gasteiger partial charge in [-0.05, 0) is 46.2 Å². The van der Waals surface area contributed by atoms with Crippen LogP contribution in [0.5, 0.6) is 0 Å². The van der Waals surface area contributed by atoms with Gasteiger partial charge in [0.25, 0.3) is 0 Å². The summed E-state index contributed by atoms with van der Waals surface area (Å²) in [5.74, 6) is 0.632. The predicted molar refractivity (Wildman–Crippen MR) is 151 cm³/mol. The Kier molecular flexibility index (Phi) is 9.40. The molecule has 11 heteroatoms. The number of rotatable bonds is 10. The molecular formula is C29H32N6O4S. The van der Waals surface area contributed by atoms with Crippen LogP contribution in [0.25, 0.3) is 5.69 Å². The van der Waals surface area contributed by atoms with E-state index < -0.39 is 6.29 Å². The highest BCUT2D eigenvalue weighted by atomic mass is 32.2. The van der Waals surface area contributed by atoms with Gasteiger partial charge in [0.2, 0.25) is 5.16 Å². The summed E-state index contributed by atoms with van der Waals surface area (Å²) in [5.41, 5.74) is 4.63. The first-order valence-electron chi connectivity index (χ1n) is 13.2. The Hall–Kier alpha value is -3.77. The fourth-order valence-corrected chi connectivity index (χ4v) is 5.30. The molecule has 0 radical (unpaired) electrons. The molecule has 3 atom stereocenters. The Morgan fingerprint density at radius 3 is 2.42 bits per heavy atom. The first-order chi connectivity index (χ1) is 19.6. The SMILES string of the molecule is CCNC(=O)NCc1ccc([C@H]2O[C@@H](CSc3nnnn3-c3ccccc3)C[C@@H](c3ccc(CO)cc3)O2)cc1. The van der Waals surface area contributed by atoms with Gasteiger partial charge in [-0.2, -0.15) is 4.68 Å². The van der Waals surface area contributed by atoms with Crippen LogP contribution in [0.15, 0.2) is 84.0 Å². The number of carbonyl (C=O) groups is 1. The Morgan fingerprint density at radius 2 is 1.70 bits per heavy atom. The Morgan fingerprint density at radius 1 is 0.975 bits per heavy atom. The summed E-state index contributed by atoms with van der Waals surface area (Å²) >= 11 is 1.54. The van der Waals surface area contributed by atoms with E-state index in [0.29, 0.717) is 30.4 Å². The van der Waals surface area contributed by atoms with Crippen LogP contribution in [0.3, 0.4) is 0 Å². The second-order valence-corrected chi connectivity index (χ2v) is 10.3. The predicted octanol–water partition coefficient (Wildman–Crippen LogP) is 4.31. The summed E-state index contributed by atoms with van der Waals surface area (Å²) in [7, 11) is 0. The Balaban J connectivity index is 1.30. The van der Waals surface area contributed by atoms with Crippen molar-refractivity contribution in [2.75, 3.05) is 12.3 Å². The van der Waals surface area contributed by atoms with Crippen LogP contribution in [0, 0.1) is 0 Å². The molecule has 0 saturated carbocycles. The van der Waals surface area contributed by atoms with E-state index in [1.54, 1.807) is 4.68 Å². The Bertz CT molecular complexity index is 1370. The van der Waals surface area contributed by atoms with E-state index in [1.165, 1.54) is 11.8 Å². The van der Waals surface area contributed by atoms with E-state index in [1.807, 2.05) is 85.8 Å². The van der Waals surface area contributed by atoms with Gasteiger partial charge in [0.05, 0.1) is 24.5 Å². The van der Waals surface area contributed by atoms with Gasteiger partial charge in [0.15, 0.2) is 6.29 Å². The molecule has 40 heavy (non-hydrogen) atoms. The fraction of sp³-hybridized carbons (Fsp3) is 0.310. The number of nitrogens with one attached hydrogen (secondary N) is 2. The lowest BCUT2D eigenvalue weighted by Gasteiger charge is -2.36. The third kappa shape index (κ3) is 7.05. The summed E-state index contributed by atoms with van der Waals surface area (Å²) in [6.07, 6.45) is -0.242. The summed E-state index contributed by atoms with van der Waals surface area (Å²) in [6, 6.07) is 25.3. The van der Waals surface area contributed by atoms with E-state index in [9.17, 15) is 9.90 Å². The number of aliphatic hydroxyl groups excluding tert-OH is 1. The number of hydrogen-bond donors (Lipinski definition) is 3. The molecule has 0 spiro atoms. The van der Waals surface area contributed by atoms with Gasteiger partial charge >= 0.3 is 6.03 Å². The summed E-state index contributed by atoms with van der Waals surface area (Å²) in [6.45, 7) is 2.87. The average Bonchev–Trinajstić information content (AvgIpc) is 3.48. The number of nitrogens with zero attached hydrogens (tertiary/aromatic N) is 4.